The van der Waals surface area contributed by atoms with Crippen LogP contribution in [-0.4, -0.2) is 28.7 Å². The molecule has 1 atom stereocenters. The van der Waals surface area contributed by atoms with Crippen LogP contribution in [0.5, 0.6) is 0 Å². The molecule has 62 valence electrons. The number of hydrogen-bond donors (Lipinski definition) is 0. The van der Waals surface area contributed by atoms with Crippen LogP contribution in [0.15, 0.2) is 12.7 Å². The van der Waals surface area contributed by atoms with Crippen LogP contribution in [0.25, 0.3) is 0 Å². The highest BCUT2D eigenvalue weighted by molar-refractivity contribution is 9.09. The molecule has 1 aliphatic heterocycles. The Bertz CT molecular complexity index is 169. The van der Waals surface area contributed by atoms with Gasteiger partial charge < -0.3 is 4.90 Å². The summed E-state index contributed by atoms with van der Waals surface area (Å²) >= 11 is 3.16. The van der Waals surface area contributed by atoms with Gasteiger partial charge in [0.25, 0.3) is 0 Å². The molecule has 1 aliphatic rings. The number of carbonyl (C=O) groups is 1. The van der Waals surface area contributed by atoms with E-state index < -0.39 is 0 Å². The second kappa shape index (κ2) is 3.90. The monoisotopic (exact) mass is 217 g/mol. The largest absolute Gasteiger partial charge is 0.336 e. The van der Waals surface area contributed by atoms with Crippen molar-refractivity contribution in [1.82, 2.24) is 4.90 Å². The van der Waals surface area contributed by atoms with Gasteiger partial charge in [0.05, 0.1) is 5.33 Å². The topological polar surface area (TPSA) is 20.3 Å². The minimum Gasteiger partial charge on any atom is -0.336 e. The van der Waals surface area contributed by atoms with Crippen molar-refractivity contribution in [2.45, 2.75) is 18.9 Å². The SMILES string of the molecule is C=CC1CCCN1C(=O)CBr. The van der Waals surface area contributed by atoms with Gasteiger partial charge >= 0.3 is 0 Å². The summed E-state index contributed by atoms with van der Waals surface area (Å²) in [7, 11) is 0. The van der Waals surface area contributed by atoms with Gasteiger partial charge in [-0.1, -0.05) is 22.0 Å². The van der Waals surface area contributed by atoms with Crippen LogP contribution >= 0.6 is 15.9 Å². The van der Waals surface area contributed by atoms with Gasteiger partial charge in [-0.25, -0.2) is 0 Å². The molecule has 0 bridgehead atoms. The summed E-state index contributed by atoms with van der Waals surface area (Å²) in [6.45, 7) is 4.59. The number of rotatable bonds is 2. The smallest absolute Gasteiger partial charge is 0.233 e. The Morgan fingerprint density at radius 2 is 2.55 bits per heavy atom. The van der Waals surface area contributed by atoms with Crippen LogP contribution in [0, 0.1) is 0 Å². The molecule has 1 amide bonds. The van der Waals surface area contributed by atoms with Crippen LogP contribution in [0.4, 0.5) is 0 Å². The quantitative estimate of drug-likeness (QED) is 0.508. The van der Waals surface area contributed by atoms with Crippen molar-refractivity contribution in [1.29, 1.82) is 0 Å². The maximum absolute atomic E-state index is 11.2. The van der Waals surface area contributed by atoms with E-state index in [9.17, 15) is 4.79 Å². The van der Waals surface area contributed by atoms with Gasteiger partial charge in [0, 0.05) is 12.6 Å². The van der Waals surface area contributed by atoms with Crippen LogP contribution in [0.3, 0.4) is 0 Å². The Morgan fingerprint density at radius 1 is 1.82 bits per heavy atom. The first-order valence-corrected chi connectivity index (χ1v) is 4.89. The Balaban J connectivity index is 2.56. The van der Waals surface area contributed by atoms with E-state index in [4.69, 9.17) is 0 Å². The molecule has 0 aromatic carbocycles. The van der Waals surface area contributed by atoms with Gasteiger partial charge in [0.2, 0.25) is 5.91 Å². The van der Waals surface area contributed by atoms with E-state index in [1.807, 2.05) is 11.0 Å². The summed E-state index contributed by atoms with van der Waals surface area (Å²) in [6, 6.07) is 0.278. The molecule has 0 aliphatic carbocycles. The number of amides is 1. The minimum absolute atomic E-state index is 0.174. The van der Waals surface area contributed by atoms with Crippen molar-refractivity contribution < 1.29 is 4.79 Å². The Labute approximate surface area is 75.4 Å². The Morgan fingerprint density at radius 3 is 3.09 bits per heavy atom. The van der Waals surface area contributed by atoms with E-state index in [1.165, 1.54) is 0 Å². The molecule has 2 nitrogen and oxygen atoms in total. The zero-order valence-electron chi connectivity index (χ0n) is 6.42. The van der Waals surface area contributed by atoms with Crippen molar-refractivity contribution in [2.75, 3.05) is 11.9 Å². The third-order valence-corrected chi connectivity index (χ3v) is 2.49. The first-order valence-electron chi connectivity index (χ1n) is 3.77. The molecule has 1 unspecified atom stereocenters. The number of halogens is 1. The summed E-state index contributed by atoms with van der Waals surface area (Å²) in [6.07, 6.45) is 4.03. The fourth-order valence-corrected chi connectivity index (χ4v) is 1.75. The molecule has 1 heterocycles. The van der Waals surface area contributed by atoms with Gasteiger partial charge in [-0.15, -0.1) is 6.58 Å². The molecule has 1 rings (SSSR count). The number of likely N-dealkylation sites (tertiary alicyclic amines) is 1. The van der Waals surface area contributed by atoms with Crippen molar-refractivity contribution >= 4 is 21.8 Å². The molecule has 1 saturated heterocycles. The standard InChI is InChI=1S/C8H12BrNO/c1-2-7-4-3-5-10(7)8(11)6-9/h2,7H,1,3-6H2. The minimum atomic E-state index is 0.174. The van der Waals surface area contributed by atoms with Crippen molar-refractivity contribution in [3.8, 4) is 0 Å². The molecule has 0 N–H and O–H groups in total. The van der Waals surface area contributed by atoms with Crippen LogP contribution < -0.4 is 0 Å². The van der Waals surface area contributed by atoms with Crippen LogP contribution in [-0.2, 0) is 4.79 Å². The zero-order valence-corrected chi connectivity index (χ0v) is 8.01. The van der Waals surface area contributed by atoms with E-state index >= 15 is 0 Å². The summed E-state index contributed by atoms with van der Waals surface area (Å²) < 4.78 is 0. The lowest BCUT2D eigenvalue weighted by Crippen LogP contribution is -2.34. The number of hydrogen-bond acceptors (Lipinski definition) is 1. The lowest BCUT2D eigenvalue weighted by molar-refractivity contribution is -0.128. The predicted molar refractivity (Wildman–Crippen MR) is 48.7 cm³/mol. The van der Waals surface area contributed by atoms with Gasteiger partial charge in [-0.2, -0.15) is 0 Å². The van der Waals surface area contributed by atoms with Crippen LogP contribution in [0.1, 0.15) is 12.8 Å². The highest BCUT2D eigenvalue weighted by Crippen LogP contribution is 2.18. The summed E-state index contributed by atoms with van der Waals surface area (Å²) in [4.78, 5) is 13.1. The van der Waals surface area contributed by atoms with E-state index in [1.54, 1.807) is 0 Å². The first kappa shape index (κ1) is 8.78. The summed E-state index contributed by atoms with van der Waals surface area (Å²) in [5.41, 5.74) is 0. The van der Waals surface area contributed by atoms with Crippen LogP contribution in [0.2, 0.25) is 0 Å². The average molecular weight is 218 g/mol. The highest BCUT2D eigenvalue weighted by Gasteiger charge is 2.24. The fraction of sp³-hybridized carbons (Fsp3) is 0.625. The maximum Gasteiger partial charge on any atom is 0.233 e. The molecule has 0 radical (unpaired) electrons. The summed E-state index contributed by atoms with van der Waals surface area (Å²) in [5, 5.41) is 0.428. The number of carbonyl (C=O) groups excluding carboxylic acids is 1. The van der Waals surface area contributed by atoms with E-state index in [0.717, 1.165) is 19.4 Å². The summed E-state index contributed by atoms with van der Waals surface area (Å²) in [5.74, 6) is 0.174. The van der Waals surface area contributed by atoms with Gasteiger partial charge in [-0.05, 0) is 12.8 Å². The van der Waals surface area contributed by atoms with Gasteiger partial charge in [0.15, 0.2) is 0 Å². The molecular weight excluding hydrogens is 206 g/mol. The van der Waals surface area contributed by atoms with Gasteiger partial charge in [0.1, 0.15) is 0 Å². The predicted octanol–water partition coefficient (Wildman–Crippen LogP) is 1.56. The molecular formula is C8H12BrNO. The Kier molecular flexibility index (Phi) is 3.12. The van der Waals surface area contributed by atoms with E-state index in [2.05, 4.69) is 22.5 Å². The second-order valence-electron chi connectivity index (χ2n) is 2.67. The molecule has 3 heteroatoms. The van der Waals surface area contributed by atoms with Crippen molar-refractivity contribution in [3.05, 3.63) is 12.7 Å². The fourth-order valence-electron chi connectivity index (χ4n) is 1.42. The molecule has 0 aromatic rings. The molecule has 0 spiro atoms. The molecule has 11 heavy (non-hydrogen) atoms. The Hall–Kier alpha value is -0.310. The van der Waals surface area contributed by atoms with Crippen molar-refractivity contribution in [3.63, 3.8) is 0 Å². The second-order valence-corrected chi connectivity index (χ2v) is 3.23. The average Bonchev–Trinajstić information content (AvgIpc) is 2.50. The van der Waals surface area contributed by atoms with E-state index in [0.29, 0.717) is 5.33 Å². The van der Waals surface area contributed by atoms with Gasteiger partial charge in [-0.3, -0.25) is 4.79 Å². The molecule has 1 fully saturated rings. The highest BCUT2D eigenvalue weighted by atomic mass is 79.9. The number of nitrogens with zero attached hydrogens (tertiary/aromatic N) is 1. The lowest BCUT2D eigenvalue weighted by atomic mass is 10.2. The lowest BCUT2D eigenvalue weighted by Gasteiger charge is -2.20. The number of alkyl halides is 1. The molecule has 0 aromatic heterocycles. The third kappa shape index (κ3) is 1.83. The third-order valence-electron chi connectivity index (χ3n) is 2.01. The first-order chi connectivity index (χ1) is 5.29. The molecule has 0 saturated carbocycles. The zero-order chi connectivity index (χ0) is 8.27. The van der Waals surface area contributed by atoms with E-state index in [-0.39, 0.29) is 11.9 Å². The normalized spacial score (nSPS) is 23.7. The maximum atomic E-state index is 11.2. The van der Waals surface area contributed by atoms with Crippen molar-refractivity contribution in [2.24, 2.45) is 0 Å².